The van der Waals surface area contributed by atoms with E-state index in [1.54, 1.807) is 0 Å². The van der Waals surface area contributed by atoms with E-state index in [9.17, 15) is 18.0 Å². The van der Waals surface area contributed by atoms with Crippen molar-refractivity contribution >= 4 is 23.6 Å². The van der Waals surface area contributed by atoms with Crippen molar-refractivity contribution in [3.8, 4) is 0 Å². The van der Waals surface area contributed by atoms with Gasteiger partial charge in [0.1, 0.15) is 11.8 Å². The Morgan fingerprint density at radius 2 is 2.15 bits per heavy atom. The van der Waals surface area contributed by atoms with Crippen LogP contribution in [-0.2, 0) is 11.0 Å². The molecule has 1 aromatic rings. The second-order valence-corrected chi connectivity index (χ2v) is 2.37. The van der Waals surface area contributed by atoms with E-state index in [0.29, 0.717) is 6.26 Å². The number of nitrogens with zero attached hydrogens (tertiary/aromatic N) is 1. The Hall–Kier alpha value is -1.26. The van der Waals surface area contributed by atoms with E-state index < -0.39 is 22.6 Å². The fraction of sp³-hybridized carbons (Fsp3) is 0.167. The Kier molecular flexibility index (Phi) is 2.45. The summed E-state index contributed by atoms with van der Waals surface area (Å²) in [6.07, 6.45) is -3.11. The van der Waals surface area contributed by atoms with Crippen molar-refractivity contribution in [3.05, 3.63) is 16.8 Å². The maximum atomic E-state index is 12.1. The van der Waals surface area contributed by atoms with Gasteiger partial charge in [-0.15, -0.1) is 4.99 Å². The number of furan rings is 1. The number of alkyl halides is 3. The number of hydrogen-bond acceptors (Lipinski definition) is 3. The maximum absolute atomic E-state index is 12.1. The van der Waals surface area contributed by atoms with Crippen LogP contribution in [0.15, 0.2) is 15.7 Å². The number of hydrogen-bond donors (Lipinski definition) is 0. The molecule has 0 aliphatic rings. The molecule has 0 atom stereocenters. The summed E-state index contributed by atoms with van der Waals surface area (Å²) in [7, 11) is 0. The standard InChI is InChI=1S/C6HClF3NO2/c7-3-1-13-5(11-2-12)4(3)6(8,9)10/h1H. The molecule has 7 heteroatoms. The van der Waals surface area contributed by atoms with Crippen LogP contribution in [0.2, 0.25) is 5.02 Å². The van der Waals surface area contributed by atoms with Crippen LogP contribution in [0, 0.1) is 0 Å². The van der Waals surface area contributed by atoms with Crippen molar-refractivity contribution in [2.45, 2.75) is 6.18 Å². The first-order valence-corrected chi connectivity index (χ1v) is 3.26. The SMILES string of the molecule is O=C=Nc1occ(Cl)c1C(F)(F)F. The molecule has 0 saturated heterocycles. The highest BCUT2D eigenvalue weighted by molar-refractivity contribution is 6.31. The van der Waals surface area contributed by atoms with Gasteiger partial charge in [0, 0.05) is 0 Å². The average molecular weight is 212 g/mol. The van der Waals surface area contributed by atoms with Crippen molar-refractivity contribution in [1.29, 1.82) is 0 Å². The minimum Gasteiger partial charge on any atom is -0.444 e. The summed E-state index contributed by atoms with van der Waals surface area (Å²) in [6, 6.07) is 0. The molecule has 13 heavy (non-hydrogen) atoms. The van der Waals surface area contributed by atoms with Crippen molar-refractivity contribution < 1.29 is 22.4 Å². The summed E-state index contributed by atoms with van der Waals surface area (Å²) in [5, 5.41) is -0.637. The van der Waals surface area contributed by atoms with Crippen LogP contribution >= 0.6 is 11.6 Å². The molecule has 0 amide bonds. The molecule has 1 heterocycles. The van der Waals surface area contributed by atoms with Gasteiger partial charge in [0.05, 0.1) is 5.02 Å². The van der Waals surface area contributed by atoms with Gasteiger partial charge in [0.2, 0.25) is 12.0 Å². The Balaban J connectivity index is 3.32. The fourth-order valence-corrected chi connectivity index (χ4v) is 0.940. The predicted molar refractivity (Wildman–Crippen MR) is 36.5 cm³/mol. The normalized spacial score (nSPS) is 11.1. The molecule has 0 bridgehead atoms. The molecule has 70 valence electrons. The molecular weight excluding hydrogens is 211 g/mol. The third-order valence-electron chi connectivity index (χ3n) is 1.16. The van der Waals surface area contributed by atoms with Crippen LogP contribution in [0.25, 0.3) is 0 Å². The summed E-state index contributed by atoms with van der Waals surface area (Å²) in [5.41, 5.74) is -1.27. The third-order valence-corrected chi connectivity index (χ3v) is 1.44. The van der Waals surface area contributed by atoms with E-state index in [4.69, 9.17) is 11.6 Å². The number of halogens is 4. The van der Waals surface area contributed by atoms with Crippen LogP contribution in [0.3, 0.4) is 0 Å². The van der Waals surface area contributed by atoms with Crippen molar-refractivity contribution in [1.82, 2.24) is 0 Å². The number of rotatable bonds is 1. The van der Waals surface area contributed by atoms with Gasteiger partial charge in [-0.25, -0.2) is 4.79 Å². The van der Waals surface area contributed by atoms with Gasteiger partial charge in [-0.1, -0.05) is 11.6 Å². The smallest absolute Gasteiger partial charge is 0.423 e. The van der Waals surface area contributed by atoms with E-state index in [1.807, 2.05) is 0 Å². The number of isocyanates is 1. The zero-order chi connectivity index (χ0) is 10.1. The topological polar surface area (TPSA) is 42.6 Å². The predicted octanol–water partition coefficient (Wildman–Crippen LogP) is 2.92. The molecule has 0 aliphatic carbocycles. The molecular formula is C6HClF3NO2. The molecule has 0 saturated carbocycles. The van der Waals surface area contributed by atoms with Crippen LogP contribution in [0.5, 0.6) is 0 Å². The van der Waals surface area contributed by atoms with Crippen molar-refractivity contribution in [2.75, 3.05) is 0 Å². The first kappa shape index (κ1) is 9.83. The zero-order valence-electron chi connectivity index (χ0n) is 5.85. The van der Waals surface area contributed by atoms with Crippen LogP contribution in [0.1, 0.15) is 5.56 Å². The highest BCUT2D eigenvalue weighted by atomic mass is 35.5. The highest BCUT2D eigenvalue weighted by Crippen LogP contribution is 2.42. The highest BCUT2D eigenvalue weighted by Gasteiger charge is 2.39. The van der Waals surface area contributed by atoms with Gasteiger partial charge in [0.25, 0.3) is 0 Å². The van der Waals surface area contributed by atoms with E-state index in [0.717, 1.165) is 6.08 Å². The van der Waals surface area contributed by atoms with Crippen molar-refractivity contribution in [3.63, 3.8) is 0 Å². The van der Waals surface area contributed by atoms with E-state index in [1.165, 1.54) is 0 Å². The molecule has 3 nitrogen and oxygen atoms in total. The molecule has 0 N–H and O–H groups in total. The largest absolute Gasteiger partial charge is 0.444 e. The molecule has 0 aromatic carbocycles. The van der Waals surface area contributed by atoms with Crippen LogP contribution in [0.4, 0.5) is 19.1 Å². The number of aliphatic imine (C=N–C) groups is 1. The maximum Gasteiger partial charge on any atom is 0.423 e. The van der Waals surface area contributed by atoms with E-state index in [2.05, 4.69) is 9.41 Å². The molecule has 0 spiro atoms. The molecule has 0 radical (unpaired) electrons. The first-order valence-electron chi connectivity index (χ1n) is 2.89. The van der Waals surface area contributed by atoms with Gasteiger partial charge in [0.15, 0.2) is 0 Å². The lowest BCUT2D eigenvalue weighted by Crippen LogP contribution is -2.03. The monoisotopic (exact) mass is 211 g/mol. The molecule has 0 unspecified atom stereocenters. The minimum absolute atomic E-state index is 0.637. The average Bonchev–Trinajstić information content (AvgIpc) is 2.31. The summed E-state index contributed by atoms with van der Waals surface area (Å²) in [4.78, 5) is 12.4. The van der Waals surface area contributed by atoms with Gasteiger partial charge in [-0.2, -0.15) is 13.2 Å². The molecule has 1 aromatic heterocycles. The number of carbonyl (C=O) groups excluding carboxylic acids is 1. The van der Waals surface area contributed by atoms with E-state index in [-0.39, 0.29) is 0 Å². The fourth-order valence-electron chi connectivity index (χ4n) is 0.708. The Labute approximate surface area is 74.8 Å². The Morgan fingerprint density at radius 3 is 2.62 bits per heavy atom. The second-order valence-electron chi connectivity index (χ2n) is 1.96. The third kappa shape index (κ3) is 1.91. The summed E-state index contributed by atoms with van der Waals surface area (Å²) >= 11 is 5.16. The first-order chi connectivity index (χ1) is 5.96. The quantitative estimate of drug-likeness (QED) is 0.529. The second kappa shape index (κ2) is 3.24. The summed E-state index contributed by atoms with van der Waals surface area (Å²) in [6.45, 7) is 0. The van der Waals surface area contributed by atoms with E-state index >= 15 is 0 Å². The molecule has 0 fully saturated rings. The summed E-state index contributed by atoms with van der Waals surface area (Å²) < 4.78 is 40.7. The van der Waals surface area contributed by atoms with Gasteiger partial charge >= 0.3 is 6.18 Å². The molecule has 1 rings (SSSR count). The van der Waals surface area contributed by atoms with Crippen LogP contribution < -0.4 is 0 Å². The van der Waals surface area contributed by atoms with Gasteiger partial charge in [-0.3, -0.25) is 0 Å². The lowest BCUT2D eigenvalue weighted by atomic mass is 10.3. The van der Waals surface area contributed by atoms with Crippen molar-refractivity contribution in [2.24, 2.45) is 4.99 Å². The Bertz CT molecular complexity index is 364. The summed E-state index contributed by atoms with van der Waals surface area (Å²) in [5.74, 6) is -0.882. The molecule has 0 aliphatic heterocycles. The van der Waals surface area contributed by atoms with Gasteiger partial charge in [-0.05, 0) is 0 Å². The lowest BCUT2D eigenvalue weighted by Gasteiger charge is -2.02. The lowest BCUT2D eigenvalue weighted by molar-refractivity contribution is -0.137. The van der Waals surface area contributed by atoms with Gasteiger partial charge < -0.3 is 4.42 Å². The minimum atomic E-state index is -4.69. The zero-order valence-corrected chi connectivity index (χ0v) is 6.61. The van der Waals surface area contributed by atoms with Crippen LogP contribution in [-0.4, -0.2) is 6.08 Å². The Morgan fingerprint density at radius 1 is 1.54 bits per heavy atom.